The summed E-state index contributed by atoms with van der Waals surface area (Å²) in [4.78, 5) is 14.7. The van der Waals surface area contributed by atoms with Gasteiger partial charge in [-0.3, -0.25) is 15.1 Å². The van der Waals surface area contributed by atoms with Gasteiger partial charge in [0.2, 0.25) is 0 Å². The number of rotatable bonds is 8. The molecule has 158 valence electrons. The average Bonchev–Trinajstić information content (AvgIpc) is 2.64. The number of aliphatic imine (C=N–C) groups is 1. The second kappa shape index (κ2) is 11.0. The zero-order valence-electron chi connectivity index (χ0n) is 16.1. The molecule has 0 amide bonds. The van der Waals surface area contributed by atoms with Crippen LogP contribution in [0.2, 0.25) is 0 Å². The first-order chi connectivity index (χ1) is 13.2. The maximum atomic E-state index is 11.6. The fraction of sp³-hybridized carbons (Fsp3) is 0.278. The lowest BCUT2D eigenvalue weighted by molar-refractivity contribution is -0.384. The van der Waals surface area contributed by atoms with Crippen molar-refractivity contribution in [1.29, 1.82) is 0 Å². The van der Waals surface area contributed by atoms with Crippen molar-refractivity contribution in [2.45, 2.75) is 18.2 Å². The molecule has 0 radical (unpaired) electrons. The summed E-state index contributed by atoms with van der Waals surface area (Å²) in [6.07, 6.45) is 1.91. The van der Waals surface area contributed by atoms with Crippen molar-refractivity contribution in [3.05, 3.63) is 58.1 Å². The fourth-order valence-electron chi connectivity index (χ4n) is 2.47. The Morgan fingerprint density at radius 3 is 2.59 bits per heavy atom. The summed E-state index contributed by atoms with van der Waals surface area (Å²) in [5.41, 5.74) is 7.77. The molecule has 0 aliphatic rings. The Labute approximate surface area is 186 Å². The number of nitro benzene ring substituents is 1. The number of hydrogen-bond acceptors (Lipinski definition) is 6. The Bertz CT molecular complexity index is 995. The third-order valence-electron chi connectivity index (χ3n) is 3.91. The third kappa shape index (κ3) is 7.49. The van der Waals surface area contributed by atoms with E-state index in [-0.39, 0.29) is 59.3 Å². The first-order valence-corrected chi connectivity index (χ1v) is 10.5. The van der Waals surface area contributed by atoms with Crippen molar-refractivity contribution in [3.63, 3.8) is 0 Å². The van der Waals surface area contributed by atoms with Crippen molar-refractivity contribution >= 4 is 56.8 Å². The van der Waals surface area contributed by atoms with E-state index in [2.05, 4.69) is 22.5 Å². The van der Waals surface area contributed by atoms with Crippen LogP contribution >= 0.6 is 24.0 Å². The average molecular weight is 533 g/mol. The Morgan fingerprint density at radius 1 is 1.24 bits per heavy atom. The van der Waals surface area contributed by atoms with Gasteiger partial charge in [-0.1, -0.05) is 19.1 Å². The van der Waals surface area contributed by atoms with Crippen LogP contribution in [0.15, 0.2) is 52.4 Å². The maximum absolute atomic E-state index is 11.6. The molecular weight excluding hydrogens is 509 g/mol. The first-order valence-electron chi connectivity index (χ1n) is 8.59. The van der Waals surface area contributed by atoms with Crippen molar-refractivity contribution in [2.24, 2.45) is 10.7 Å². The van der Waals surface area contributed by atoms with E-state index < -0.39 is 14.8 Å². The van der Waals surface area contributed by atoms with Gasteiger partial charge >= 0.3 is 0 Å². The minimum absolute atomic E-state index is 0. The molecule has 29 heavy (non-hydrogen) atoms. The number of aryl methyl sites for hydroxylation is 1. The lowest BCUT2D eigenvalue weighted by Crippen LogP contribution is -2.23. The summed E-state index contributed by atoms with van der Waals surface area (Å²) in [5, 5.41) is 17.1. The summed E-state index contributed by atoms with van der Waals surface area (Å²) < 4.78 is 23.1. The van der Waals surface area contributed by atoms with Crippen LogP contribution in [0.1, 0.15) is 12.5 Å². The largest absolute Gasteiger partial charge is 0.378 e. The summed E-state index contributed by atoms with van der Waals surface area (Å²) in [6, 6.07) is 11.5. The smallest absolute Gasteiger partial charge is 0.293 e. The fourth-order valence-corrected chi connectivity index (χ4v) is 3.11. The predicted octanol–water partition coefficient (Wildman–Crippen LogP) is 3.02. The molecule has 2 aromatic carbocycles. The molecule has 2 aromatic rings. The molecule has 0 spiro atoms. The van der Waals surface area contributed by atoms with Crippen LogP contribution in [0.3, 0.4) is 0 Å². The molecular formula is C18H24IN5O4S. The summed E-state index contributed by atoms with van der Waals surface area (Å²) >= 11 is 0. The van der Waals surface area contributed by atoms with E-state index in [1.807, 2.05) is 24.3 Å². The van der Waals surface area contributed by atoms with Gasteiger partial charge in [0.15, 0.2) is 15.8 Å². The normalized spacial score (nSPS) is 11.4. The highest BCUT2D eigenvalue weighted by Crippen LogP contribution is 2.27. The van der Waals surface area contributed by atoms with Crippen LogP contribution in [0.4, 0.5) is 17.1 Å². The van der Waals surface area contributed by atoms with Gasteiger partial charge in [-0.15, -0.1) is 24.0 Å². The molecule has 0 aliphatic heterocycles. The van der Waals surface area contributed by atoms with Gasteiger partial charge < -0.3 is 16.4 Å². The van der Waals surface area contributed by atoms with Gasteiger partial charge in [0.1, 0.15) is 5.69 Å². The molecule has 11 heteroatoms. The standard InChI is InChI=1S/C18H23N5O4S.HI/c1-3-13-5-4-6-14(11-13)22-18(19)21-10-9-20-16-8-7-15(28(2,26)27)12-17(16)23(24)25;/h4-8,11-12,20H,3,9-10H2,1-2H3,(H3,19,21,22);1H. The monoisotopic (exact) mass is 533 g/mol. The third-order valence-corrected chi connectivity index (χ3v) is 5.02. The van der Waals surface area contributed by atoms with Crippen molar-refractivity contribution in [1.82, 2.24) is 0 Å². The van der Waals surface area contributed by atoms with Crippen LogP contribution in [0.25, 0.3) is 0 Å². The minimum Gasteiger partial charge on any atom is -0.378 e. The summed E-state index contributed by atoms with van der Waals surface area (Å²) in [7, 11) is -3.53. The molecule has 0 heterocycles. The Hall–Kier alpha value is -2.41. The molecule has 0 saturated carbocycles. The number of nitrogens with zero attached hydrogens (tertiary/aromatic N) is 2. The molecule has 9 nitrogen and oxygen atoms in total. The molecule has 0 aliphatic carbocycles. The van der Waals surface area contributed by atoms with Crippen LogP contribution in [0, 0.1) is 10.1 Å². The molecule has 2 rings (SSSR count). The zero-order chi connectivity index (χ0) is 20.7. The van der Waals surface area contributed by atoms with E-state index >= 15 is 0 Å². The van der Waals surface area contributed by atoms with Crippen LogP contribution in [-0.2, 0) is 16.3 Å². The number of halogens is 1. The highest BCUT2D eigenvalue weighted by molar-refractivity contribution is 14.0. The minimum atomic E-state index is -3.53. The van der Waals surface area contributed by atoms with Crippen molar-refractivity contribution in [3.8, 4) is 0 Å². The number of nitro groups is 1. The second-order valence-corrected chi connectivity index (χ2v) is 8.10. The molecule has 0 saturated heterocycles. The van der Waals surface area contributed by atoms with Gasteiger partial charge in [0.05, 0.1) is 16.4 Å². The SMILES string of the molecule is CCc1cccc(NC(N)=NCCNc2ccc(S(C)(=O)=O)cc2[N+](=O)[O-])c1.I. The van der Waals surface area contributed by atoms with Crippen LogP contribution < -0.4 is 16.4 Å². The Balaban J connectivity index is 0.00000420. The predicted molar refractivity (Wildman–Crippen MR) is 126 cm³/mol. The number of nitrogens with two attached hydrogens (primary N) is 1. The van der Waals surface area contributed by atoms with E-state index in [0.717, 1.165) is 24.4 Å². The number of nitrogens with one attached hydrogen (secondary N) is 2. The summed E-state index contributed by atoms with van der Waals surface area (Å²) in [6.45, 7) is 2.62. The molecule has 0 atom stereocenters. The van der Waals surface area contributed by atoms with E-state index in [1.165, 1.54) is 17.7 Å². The van der Waals surface area contributed by atoms with Gasteiger partial charge in [0.25, 0.3) is 5.69 Å². The van der Waals surface area contributed by atoms with Crippen LogP contribution in [-0.4, -0.2) is 38.6 Å². The lowest BCUT2D eigenvalue weighted by atomic mass is 10.1. The molecule has 4 N–H and O–H groups in total. The highest BCUT2D eigenvalue weighted by Gasteiger charge is 2.18. The molecule has 0 aromatic heterocycles. The first kappa shape index (κ1) is 24.6. The second-order valence-electron chi connectivity index (χ2n) is 6.08. The van der Waals surface area contributed by atoms with Gasteiger partial charge in [0, 0.05) is 24.6 Å². The van der Waals surface area contributed by atoms with E-state index in [9.17, 15) is 18.5 Å². The Kier molecular flexibility index (Phi) is 9.30. The number of sulfone groups is 1. The van der Waals surface area contributed by atoms with Gasteiger partial charge in [-0.2, -0.15) is 0 Å². The quantitative estimate of drug-likeness (QED) is 0.118. The van der Waals surface area contributed by atoms with E-state index in [4.69, 9.17) is 5.73 Å². The van der Waals surface area contributed by atoms with E-state index in [1.54, 1.807) is 0 Å². The van der Waals surface area contributed by atoms with Gasteiger partial charge in [-0.05, 0) is 36.2 Å². The van der Waals surface area contributed by atoms with Crippen LogP contribution in [0.5, 0.6) is 0 Å². The van der Waals surface area contributed by atoms with E-state index in [0.29, 0.717) is 0 Å². The van der Waals surface area contributed by atoms with Crippen molar-refractivity contribution in [2.75, 3.05) is 30.0 Å². The number of benzene rings is 2. The summed E-state index contributed by atoms with van der Waals surface area (Å²) in [5.74, 6) is 0.233. The lowest BCUT2D eigenvalue weighted by Gasteiger charge is -2.09. The zero-order valence-corrected chi connectivity index (χ0v) is 19.2. The maximum Gasteiger partial charge on any atom is 0.293 e. The number of anilines is 2. The highest BCUT2D eigenvalue weighted by atomic mass is 127. The number of guanidine groups is 1. The van der Waals surface area contributed by atoms with Crippen molar-refractivity contribution < 1.29 is 13.3 Å². The molecule has 0 unspecified atom stereocenters. The molecule has 0 bridgehead atoms. The number of hydrogen-bond donors (Lipinski definition) is 3. The topological polar surface area (TPSA) is 140 Å². The molecule has 0 fully saturated rings. The van der Waals surface area contributed by atoms with Gasteiger partial charge in [-0.25, -0.2) is 8.42 Å². The Morgan fingerprint density at radius 2 is 1.97 bits per heavy atom.